The average Bonchev–Trinajstić information content (AvgIpc) is 1.59. The fraction of sp³-hybridized carbons (Fsp3) is 0.0517. The monoisotopic (exact) mass is 1860 g/mol. The van der Waals surface area contributed by atoms with Gasteiger partial charge in [-0.3, -0.25) is 9.13 Å². The van der Waals surface area contributed by atoms with Gasteiger partial charge in [0.2, 0.25) is 0 Å². The van der Waals surface area contributed by atoms with Crippen LogP contribution in [-0.2, 0) is 9.31 Å². The highest BCUT2D eigenvalue weighted by Crippen LogP contribution is 2.41. The lowest BCUT2D eigenvalue weighted by atomic mass is 9.79. The van der Waals surface area contributed by atoms with Gasteiger partial charge in [-0.2, -0.15) is 0 Å². The molecule has 18 aromatic carbocycles. The van der Waals surface area contributed by atoms with Gasteiger partial charge in [-0.15, -0.1) is 0 Å². The Morgan fingerprint density at radius 2 is 0.457 bits per heavy atom. The zero-order chi connectivity index (χ0) is 87.5. The number of benzene rings is 18. The van der Waals surface area contributed by atoms with Gasteiger partial charge in [0.05, 0.1) is 55.3 Å². The average molecular weight is 1860 g/mol. The molecule has 1 saturated heterocycles. The molecular formula is C116H87BBr3N7O2. The van der Waals surface area contributed by atoms with E-state index in [-0.39, 0.29) is 18.3 Å². The molecule has 23 aromatic rings. The second-order valence-corrected chi connectivity index (χ2v) is 35.9. The molecule has 0 spiro atoms. The predicted molar refractivity (Wildman–Crippen MR) is 551 cm³/mol. The molecule has 0 amide bonds. The quantitative estimate of drug-likeness (QED) is 0.131. The summed E-state index contributed by atoms with van der Waals surface area (Å²) in [5, 5.41) is 7.75. The van der Waals surface area contributed by atoms with Crippen LogP contribution in [0.1, 0.15) is 27.7 Å². The number of imidazole rings is 2. The number of halogens is 3. The van der Waals surface area contributed by atoms with Gasteiger partial charge in [-0.1, -0.05) is 351 Å². The molecule has 24 rings (SSSR count). The van der Waals surface area contributed by atoms with Crippen LogP contribution in [-0.4, -0.2) is 51.5 Å². The predicted octanol–water partition coefficient (Wildman–Crippen LogP) is 31.5. The maximum Gasteiger partial charge on any atom is 0.494 e. The van der Waals surface area contributed by atoms with E-state index >= 15 is 0 Å². The summed E-state index contributed by atoms with van der Waals surface area (Å²) >= 11 is 10.3. The Kier molecular flexibility index (Phi) is 23.3. The molecule has 0 radical (unpaired) electrons. The lowest BCUT2D eigenvalue weighted by molar-refractivity contribution is 0.00578. The molecule has 0 unspecified atom stereocenters. The number of fused-ring (bicyclic) bond motifs is 11. The van der Waals surface area contributed by atoms with Gasteiger partial charge >= 0.3 is 7.12 Å². The summed E-state index contributed by atoms with van der Waals surface area (Å²) in [7, 11) is -0.364. The normalized spacial score (nSPS) is 12.7. The first kappa shape index (κ1) is 83.0. The number of aromatic nitrogens is 7. The first-order valence-electron chi connectivity index (χ1n) is 43.3. The highest BCUT2D eigenvalue weighted by Gasteiger charge is 2.51. The van der Waals surface area contributed by atoms with Gasteiger partial charge in [0.25, 0.3) is 0 Å². The van der Waals surface area contributed by atoms with Gasteiger partial charge in [0.15, 0.2) is 0 Å². The number of hydrogen-bond donors (Lipinski definition) is 1. The molecule has 13 heteroatoms. The number of nitrogens with zero attached hydrogens (tertiary/aromatic N) is 6. The third-order valence-electron chi connectivity index (χ3n) is 24.6. The van der Waals surface area contributed by atoms with E-state index < -0.39 is 0 Å². The van der Waals surface area contributed by atoms with Gasteiger partial charge in [0.1, 0.15) is 11.6 Å². The van der Waals surface area contributed by atoms with Crippen molar-refractivity contribution < 1.29 is 9.31 Å². The van der Waals surface area contributed by atoms with Crippen molar-refractivity contribution in [1.82, 2.24) is 33.2 Å². The molecule has 1 aliphatic heterocycles. The number of H-pyrrole nitrogens is 1. The Morgan fingerprint density at radius 1 is 0.225 bits per heavy atom. The summed E-state index contributed by atoms with van der Waals surface area (Å²) in [5.41, 5.74) is 28.2. The first-order valence-corrected chi connectivity index (χ1v) is 45.7. The maximum atomic E-state index is 6.19. The van der Waals surface area contributed by atoms with E-state index in [1.165, 1.54) is 121 Å². The summed E-state index contributed by atoms with van der Waals surface area (Å²) < 4.78 is 24.9. The van der Waals surface area contributed by atoms with Crippen LogP contribution >= 0.6 is 47.8 Å². The van der Waals surface area contributed by atoms with Crippen molar-refractivity contribution in [3.05, 3.63) is 462 Å². The Bertz CT molecular complexity index is 7690. The maximum absolute atomic E-state index is 6.19. The summed E-state index contributed by atoms with van der Waals surface area (Å²) in [6.07, 6.45) is 0. The van der Waals surface area contributed by atoms with Crippen molar-refractivity contribution in [2.24, 2.45) is 0 Å². The first-order chi connectivity index (χ1) is 63.2. The molecule has 1 aliphatic rings. The molecular weight excluding hydrogens is 1770 g/mol. The van der Waals surface area contributed by atoms with E-state index in [2.05, 4.69) is 523 Å². The van der Waals surface area contributed by atoms with Crippen LogP contribution in [0.25, 0.3) is 178 Å². The summed E-state index contributed by atoms with van der Waals surface area (Å²) in [6, 6.07) is 157. The van der Waals surface area contributed by atoms with Crippen LogP contribution in [0.4, 0.5) is 0 Å². The standard InChI is InChI=1S/C43H29N3.C25H25BN2O2.C24H16BrN.C12H8Br2.C12H9N/c1-2-10-35(11-3-1)46-42-17-9-6-14-39(42)44-43(46)34-24-22-32(23-25-34)30-18-20-31(21-19-30)33-26-28-36(29-27-33)45-40-15-7-4-12-37(40)38-13-5-8-16-41(38)45;1-24(2)25(3,4)30-26(29-24)19-16-14-18(15-17-19)23-27-21-12-8-9-13-22(21)28(23)20-10-6-5-7-11-20;25-19-13-9-17(10-14-19)18-11-15-20(16-12-18)26-23-7-3-1-5-21(23)22-6-2-4-8-24(22)26;13-11-5-1-9(2-6-11)10-3-7-12(14)8-4-10;1-3-7-11-9(5-1)10-6-2-4-8-12(10)13-11/h1-29H;5-17H,1-4H3;1-16H;1-8H;1-8,13H. The summed E-state index contributed by atoms with van der Waals surface area (Å²) in [6.45, 7) is 8.29. The lowest BCUT2D eigenvalue weighted by Crippen LogP contribution is -2.41. The van der Waals surface area contributed by atoms with E-state index in [1.807, 2.05) is 24.3 Å². The Labute approximate surface area is 775 Å². The van der Waals surface area contributed by atoms with Crippen molar-refractivity contribution in [1.29, 1.82) is 0 Å². The number of para-hydroxylation sites is 12. The highest BCUT2D eigenvalue weighted by molar-refractivity contribution is 9.11. The number of nitrogens with one attached hydrogen (secondary N) is 1. The highest BCUT2D eigenvalue weighted by atomic mass is 79.9. The molecule has 129 heavy (non-hydrogen) atoms. The van der Waals surface area contributed by atoms with Crippen LogP contribution in [0.15, 0.2) is 462 Å². The van der Waals surface area contributed by atoms with Crippen LogP contribution < -0.4 is 5.46 Å². The zero-order valence-corrected chi connectivity index (χ0v) is 76.2. The third kappa shape index (κ3) is 17.0. The molecule has 6 heterocycles. The summed E-state index contributed by atoms with van der Waals surface area (Å²) in [5.74, 6) is 1.86. The van der Waals surface area contributed by atoms with E-state index in [9.17, 15) is 0 Å². The minimum absolute atomic E-state index is 0.350. The van der Waals surface area contributed by atoms with Gasteiger partial charge in [-0.05, 0) is 223 Å². The molecule has 0 bridgehead atoms. The van der Waals surface area contributed by atoms with Crippen LogP contribution in [0.5, 0.6) is 0 Å². The Balaban J connectivity index is 0.000000109. The van der Waals surface area contributed by atoms with E-state index in [0.717, 1.165) is 75.1 Å². The summed E-state index contributed by atoms with van der Waals surface area (Å²) in [4.78, 5) is 13.3. The van der Waals surface area contributed by atoms with Crippen molar-refractivity contribution in [3.63, 3.8) is 0 Å². The number of hydrogen-bond acceptors (Lipinski definition) is 4. The van der Waals surface area contributed by atoms with Crippen LogP contribution in [0, 0.1) is 0 Å². The number of rotatable bonds is 11. The second-order valence-electron chi connectivity index (χ2n) is 33.1. The van der Waals surface area contributed by atoms with Gasteiger partial charge in [0, 0.05) is 90.6 Å². The van der Waals surface area contributed by atoms with Crippen molar-refractivity contribution in [3.8, 4) is 90.0 Å². The molecule has 9 nitrogen and oxygen atoms in total. The van der Waals surface area contributed by atoms with E-state index in [1.54, 1.807) is 0 Å². The largest absolute Gasteiger partial charge is 0.494 e. The SMILES string of the molecule is Brc1ccc(-c2ccc(-n3c4ccccc4c4ccccc43)cc2)cc1.Brc1ccc(-c2ccc(Br)cc2)cc1.CC1(C)OB(c2ccc(-c3nc4ccccc4n3-c3ccccc3)cc2)OC1(C)C.c1ccc(-n2c(-c3ccc(-c4ccc(-c5ccc(-n6c7ccccc7c7ccccc76)cc5)cc4)cc3)nc3ccccc32)cc1.c1ccc2c(c1)[nH]c1ccccc12. The molecule has 5 aromatic heterocycles. The second kappa shape index (κ2) is 36.2. The van der Waals surface area contributed by atoms with Gasteiger partial charge in [-0.25, -0.2) is 9.97 Å². The van der Waals surface area contributed by atoms with Crippen LogP contribution in [0.3, 0.4) is 0 Å². The molecule has 0 aliphatic carbocycles. The fourth-order valence-electron chi connectivity index (χ4n) is 17.3. The Morgan fingerprint density at radius 3 is 0.775 bits per heavy atom. The minimum Gasteiger partial charge on any atom is -0.399 e. The van der Waals surface area contributed by atoms with Gasteiger partial charge < -0.3 is 23.4 Å². The molecule has 1 N–H and O–H groups in total. The van der Waals surface area contributed by atoms with Crippen molar-refractivity contribution >= 4 is 148 Å². The Hall–Kier alpha value is -14.3. The van der Waals surface area contributed by atoms with Crippen molar-refractivity contribution in [2.45, 2.75) is 38.9 Å². The molecule has 0 saturated carbocycles. The minimum atomic E-state index is -0.364. The zero-order valence-electron chi connectivity index (χ0n) is 71.4. The van der Waals surface area contributed by atoms with Crippen LogP contribution in [0.2, 0.25) is 0 Å². The van der Waals surface area contributed by atoms with E-state index in [4.69, 9.17) is 19.3 Å². The third-order valence-corrected chi connectivity index (χ3v) is 26.1. The molecule has 1 fully saturated rings. The van der Waals surface area contributed by atoms with E-state index in [0.29, 0.717) is 0 Å². The van der Waals surface area contributed by atoms with Crippen molar-refractivity contribution in [2.75, 3.05) is 0 Å². The lowest BCUT2D eigenvalue weighted by Gasteiger charge is -2.32. The molecule has 622 valence electrons. The topological polar surface area (TPSA) is 79.8 Å². The number of aromatic amines is 1. The molecule has 0 atom stereocenters. The fourth-order valence-corrected chi connectivity index (χ4v) is 18.1. The smallest absolute Gasteiger partial charge is 0.399 e.